The van der Waals surface area contributed by atoms with Crippen molar-refractivity contribution in [1.29, 1.82) is 0 Å². The lowest BCUT2D eigenvalue weighted by molar-refractivity contribution is -0.157. The number of nitrogens with one attached hydrogen (secondary N) is 1. The number of likely N-dealkylation sites (N-methyl/N-ethyl adjacent to an activating group) is 1. The molecular formula is C8H16N2O. The van der Waals surface area contributed by atoms with Gasteiger partial charge in [-0.2, -0.15) is 0 Å². The monoisotopic (exact) mass is 156 g/mol. The summed E-state index contributed by atoms with van der Waals surface area (Å²) in [4.78, 5) is 2.36. The molecule has 0 aromatic heterocycles. The van der Waals surface area contributed by atoms with Crippen molar-refractivity contribution in [1.82, 2.24) is 10.2 Å². The van der Waals surface area contributed by atoms with Gasteiger partial charge in [-0.3, -0.25) is 0 Å². The van der Waals surface area contributed by atoms with E-state index in [-0.39, 0.29) is 5.60 Å². The van der Waals surface area contributed by atoms with E-state index in [1.807, 2.05) is 0 Å². The Balaban J connectivity index is 2.09. The first-order valence-electron chi connectivity index (χ1n) is 4.25. The highest BCUT2D eigenvalue weighted by molar-refractivity contribution is 4.92. The van der Waals surface area contributed by atoms with Crippen LogP contribution in [-0.4, -0.2) is 49.8 Å². The summed E-state index contributed by atoms with van der Waals surface area (Å²) in [6, 6.07) is 0. The molecule has 0 amide bonds. The SMILES string of the molecule is CN1CC2CNCC(C)(C1)O2. The second-order valence-corrected chi connectivity index (χ2v) is 4.02. The van der Waals surface area contributed by atoms with Gasteiger partial charge in [0.05, 0.1) is 11.7 Å². The Morgan fingerprint density at radius 3 is 3.18 bits per heavy atom. The van der Waals surface area contributed by atoms with Crippen LogP contribution in [0, 0.1) is 0 Å². The van der Waals surface area contributed by atoms with E-state index >= 15 is 0 Å². The van der Waals surface area contributed by atoms with E-state index < -0.39 is 0 Å². The van der Waals surface area contributed by atoms with E-state index in [2.05, 4.69) is 24.2 Å². The summed E-state index contributed by atoms with van der Waals surface area (Å²) in [6.07, 6.45) is 0.410. The summed E-state index contributed by atoms with van der Waals surface area (Å²) in [7, 11) is 2.17. The molecule has 3 nitrogen and oxygen atoms in total. The largest absolute Gasteiger partial charge is 0.367 e. The molecule has 64 valence electrons. The van der Waals surface area contributed by atoms with Crippen molar-refractivity contribution in [3.8, 4) is 0 Å². The van der Waals surface area contributed by atoms with Crippen molar-refractivity contribution < 1.29 is 4.74 Å². The zero-order chi connectivity index (χ0) is 7.90. The van der Waals surface area contributed by atoms with Gasteiger partial charge < -0.3 is 15.0 Å². The van der Waals surface area contributed by atoms with Crippen LogP contribution in [0.25, 0.3) is 0 Å². The molecule has 2 unspecified atom stereocenters. The molecule has 1 N–H and O–H groups in total. The summed E-state index contributed by atoms with van der Waals surface area (Å²) in [6.45, 7) is 6.31. The molecule has 0 aromatic rings. The minimum atomic E-state index is 0.0654. The predicted molar refractivity (Wildman–Crippen MR) is 43.6 cm³/mol. The van der Waals surface area contributed by atoms with Crippen LogP contribution >= 0.6 is 0 Å². The van der Waals surface area contributed by atoms with E-state index in [1.54, 1.807) is 0 Å². The number of ether oxygens (including phenoxy) is 1. The van der Waals surface area contributed by atoms with Gasteiger partial charge in [-0.25, -0.2) is 0 Å². The minimum absolute atomic E-state index is 0.0654. The lowest BCUT2D eigenvalue weighted by atomic mass is 10.00. The fraction of sp³-hybridized carbons (Fsp3) is 1.00. The molecule has 2 aliphatic heterocycles. The Morgan fingerprint density at radius 1 is 1.64 bits per heavy atom. The molecule has 2 rings (SSSR count). The second-order valence-electron chi connectivity index (χ2n) is 4.02. The maximum absolute atomic E-state index is 5.88. The Bertz CT molecular complexity index is 158. The van der Waals surface area contributed by atoms with Crippen LogP contribution in [0.3, 0.4) is 0 Å². The van der Waals surface area contributed by atoms with E-state index in [4.69, 9.17) is 4.74 Å². The van der Waals surface area contributed by atoms with Crippen LogP contribution in [0.1, 0.15) is 6.92 Å². The lowest BCUT2D eigenvalue weighted by Gasteiger charge is -2.47. The highest BCUT2D eigenvalue weighted by Crippen LogP contribution is 2.22. The van der Waals surface area contributed by atoms with E-state index in [1.165, 1.54) is 0 Å². The van der Waals surface area contributed by atoms with Gasteiger partial charge in [0.2, 0.25) is 0 Å². The van der Waals surface area contributed by atoms with Crippen molar-refractivity contribution in [3.05, 3.63) is 0 Å². The zero-order valence-corrected chi connectivity index (χ0v) is 7.26. The van der Waals surface area contributed by atoms with Crippen LogP contribution in [-0.2, 0) is 4.74 Å². The van der Waals surface area contributed by atoms with Gasteiger partial charge >= 0.3 is 0 Å². The standard InChI is InChI=1S/C8H16N2O/c1-8-5-9-3-7(11-8)4-10(2)6-8/h7,9H,3-6H2,1-2H3. The number of hydrogen-bond donors (Lipinski definition) is 1. The molecule has 11 heavy (non-hydrogen) atoms. The third-order valence-electron chi connectivity index (χ3n) is 2.44. The zero-order valence-electron chi connectivity index (χ0n) is 7.26. The fourth-order valence-corrected chi connectivity index (χ4v) is 2.16. The van der Waals surface area contributed by atoms with Gasteiger partial charge in [-0.1, -0.05) is 0 Å². The molecule has 0 radical (unpaired) electrons. The van der Waals surface area contributed by atoms with Gasteiger partial charge in [0, 0.05) is 26.2 Å². The van der Waals surface area contributed by atoms with Gasteiger partial charge in [0.15, 0.2) is 0 Å². The Labute approximate surface area is 67.7 Å². The molecule has 0 saturated carbocycles. The molecule has 0 spiro atoms. The Kier molecular flexibility index (Phi) is 1.67. The van der Waals surface area contributed by atoms with E-state index in [0.29, 0.717) is 6.10 Å². The number of hydrogen-bond acceptors (Lipinski definition) is 3. The van der Waals surface area contributed by atoms with Crippen molar-refractivity contribution in [3.63, 3.8) is 0 Å². The molecule has 2 fully saturated rings. The van der Waals surface area contributed by atoms with Crippen molar-refractivity contribution in [2.24, 2.45) is 0 Å². The molecule has 2 aliphatic rings. The first-order chi connectivity index (χ1) is 5.18. The van der Waals surface area contributed by atoms with E-state index in [9.17, 15) is 0 Å². The number of fused-ring (bicyclic) bond motifs is 2. The van der Waals surface area contributed by atoms with Crippen molar-refractivity contribution in [2.75, 3.05) is 33.2 Å². The summed E-state index contributed by atoms with van der Waals surface area (Å²) < 4.78 is 5.88. The summed E-state index contributed by atoms with van der Waals surface area (Å²) in [5.74, 6) is 0. The van der Waals surface area contributed by atoms with Crippen LogP contribution in [0.15, 0.2) is 0 Å². The summed E-state index contributed by atoms with van der Waals surface area (Å²) in [5, 5.41) is 3.40. The van der Waals surface area contributed by atoms with Crippen molar-refractivity contribution in [2.45, 2.75) is 18.6 Å². The van der Waals surface area contributed by atoms with Crippen LogP contribution < -0.4 is 5.32 Å². The molecule has 2 heterocycles. The number of morpholine rings is 2. The summed E-state index contributed by atoms with van der Waals surface area (Å²) in [5.41, 5.74) is 0.0654. The maximum atomic E-state index is 5.88. The average Bonchev–Trinajstić information content (AvgIpc) is 1.82. The first kappa shape index (κ1) is 7.53. The predicted octanol–water partition coefficient (Wildman–Crippen LogP) is -0.321. The third-order valence-corrected chi connectivity index (χ3v) is 2.44. The molecule has 0 aliphatic carbocycles. The quantitative estimate of drug-likeness (QED) is 0.520. The topological polar surface area (TPSA) is 24.5 Å². The molecule has 2 bridgehead atoms. The number of nitrogens with zero attached hydrogens (tertiary/aromatic N) is 1. The fourth-order valence-electron chi connectivity index (χ4n) is 2.16. The average molecular weight is 156 g/mol. The Hall–Kier alpha value is -0.120. The van der Waals surface area contributed by atoms with Crippen LogP contribution in [0.5, 0.6) is 0 Å². The van der Waals surface area contributed by atoms with Gasteiger partial charge in [-0.05, 0) is 14.0 Å². The third kappa shape index (κ3) is 1.41. The Morgan fingerprint density at radius 2 is 2.45 bits per heavy atom. The number of rotatable bonds is 0. The highest BCUT2D eigenvalue weighted by atomic mass is 16.5. The van der Waals surface area contributed by atoms with Gasteiger partial charge in [0.1, 0.15) is 0 Å². The van der Waals surface area contributed by atoms with Crippen molar-refractivity contribution >= 4 is 0 Å². The highest BCUT2D eigenvalue weighted by Gasteiger charge is 2.38. The smallest absolute Gasteiger partial charge is 0.0909 e. The normalized spacial score (nSPS) is 45.8. The summed E-state index contributed by atoms with van der Waals surface area (Å²) >= 11 is 0. The maximum Gasteiger partial charge on any atom is 0.0909 e. The molecule has 2 saturated heterocycles. The first-order valence-corrected chi connectivity index (χ1v) is 4.25. The van der Waals surface area contributed by atoms with Crippen LogP contribution in [0.4, 0.5) is 0 Å². The van der Waals surface area contributed by atoms with Crippen LogP contribution in [0.2, 0.25) is 0 Å². The molecule has 2 atom stereocenters. The second kappa shape index (κ2) is 2.44. The van der Waals surface area contributed by atoms with Gasteiger partial charge in [-0.15, -0.1) is 0 Å². The molecule has 3 heteroatoms. The minimum Gasteiger partial charge on any atom is -0.367 e. The van der Waals surface area contributed by atoms with Gasteiger partial charge in [0.25, 0.3) is 0 Å². The van der Waals surface area contributed by atoms with E-state index in [0.717, 1.165) is 26.2 Å². The lowest BCUT2D eigenvalue weighted by Crippen LogP contribution is -2.63. The molecular weight excluding hydrogens is 140 g/mol. The molecule has 0 aromatic carbocycles.